The Balaban J connectivity index is 1.03. The molecule has 8 rings (SSSR count). The first-order chi connectivity index (χ1) is 20.0. The van der Waals surface area contributed by atoms with Crippen LogP contribution in [0.15, 0.2) is 48.9 Å². The maximum absolute atomic E-state index is 14.5. The SMILES string of the molecule is Cn1cc(-c2ccc3c(n2)CCCN3c2n[nH]c3nc(N4CCC5(CC4)Cc4cccc(F)c4[C@H]5N)cnc23)cn1. The van der Waals surface area contributed by atoms with E-state index in [-0.39, 0.29) is 17.3 Å². The first-order valence-electron chi connectivity index (χ1n) is 14.2. The third kappa shape index (κ3) is 3.82. The number of aromatic nitrogens is 7. The van der Waals surface area contributed by atoms with Crippen LogP contribution in [0.25, 0.3) is 22.4 Å². The molecule has 0 unspecified atom stereocenters. The predicted molar refractivity (Wildman–Crippen MR) is 154 cm³/mol. The number of pyridine rings is 1. The first-order valence-corrected chi connectivity index (χ1v) is 14.2. The second-order valence-electron chi connectivity index (χ2n) is 11.6. The van der Waals surface area contributed by atoms with Gasteiger partial charge in [-0.15, -0.1) is 0 Å². The summed E-state index contributed by atoms with van der Waals surface area (Å²) in [6.07, 6.45) is 10.2. The molecule has 1 atom stereocenters. The van der Waals surface area contributed by atoms with Gasteiger partial charge >= 0.3 is 0 Å². The molecule has 41 heavy (non-hydrogen) atoms. The van der Waals surface area contributed by atoms with Crippen molar-refractivity contribution in [1.29, 1.82) is 0 Å². The number of rotatable bonds is 3. The topological polar surface area (TPSA) is 118 Å². The molecule has 3 N–H and O–H groups in total. The Kier molecular flexibility index (Phi) is 5.40. The lowest BCUT2D eigenvalue weighted by Crippen LogP contribution is -2.44. The van der Waals surface area contributed by atoms with E-state index in [1.165, 1.54) is 6.07 Å². The van der Waals surface area contributed by atoms with Gasteiger partial charge in [-0.2, -0.15) is 10.2 Å². The summed E-state index contributed by atoms with van der Waals surface area (Å²) >= 11 is 0. The lowest BCUT2D eigenvalue weighted by Gasteiger charge is -2.42. The molecule has 6 heterocycles. The number of halogens is 1. The Morgan fingerprint density at radius 3 is 2.76 bits per heavy atom. The molecule has 1 saturated heterocycles. The Labute approximate surface area is 236 Å². The fourth-order valence-electron chi connectivity index (χ4n) is 7.05. The van der Waals surface area contributed by atoms with E-state index in [0.717, 1.165) is 97.1 Å². The first kappa shape index (κ1) is 24.4. The van der Waals surface area contributed by atoms with Crippen molar-refractivity contribution in [1.82, 2.24) is 34.9 Å². The number of hydrogen-bond acceptors (Lipinski definition) is 8. The van der Waals surface area contributed by atoms with Gasteiger partial charge in [0.1, 0.15) is 11.6 Å². The van der Waals surface area contributed by atoms with Crippen LogP contribution < -0.4 is 15.5 Å². The second-order valence-corrected chi connectivity index (χ2v) is 11.6. The van der Waals surface area contributed by atoms with E-state index >= 15 is 0 Å². The van der Waals surface area contributed by atoms with Crippen LogP contribution in [-0.2, 0) is 19.9 Å². The minimum absolute atomic E-state index is 0.105. The molecular weight excluding hydrogens is 519 g/mol. The van der Waals surface area contributed by atoms with Gasteiger partial charge in [0.05, 0.1) is 29.5 Å². The van der Waals surface area contributed by atoms with E-state index in [9.17, 15) is 4.39 Å². The van der Waals surface area contributed by atoms with Gasteiger partial charge in [0.2, 0.25) is 0 Å². The summed E-state index contributed by atoms with van der Waals surface area (Å²) in [6, 6.07) is 9.22. The molecule has 0 amide bonds. The normalized spacial score (nSPS) is 19.6. The molecule has 3 aliphatic rings. The van der Waals surface area contributed by atoms with E-state index in [0.29, 0.717) is 11.2 Å². The molecule has 208 valence electrons. The molecule has 11 heteroatoms. The van der Waals surface area contributed by atoms with Gasteiger partial charge in [0.15, 0.2) is 17.0 Å². The molecule has 1 aliphatic carbocycles. The van der Waals surface area contributed by atoms with Gasteiger partial charge in [-0.25, -0.2) is 14.4 Å². The van der Waals surface area contributed by atoms with Crippen molar-refractivity contribution in [3.8, 4) is 11.3 Å². The molecule has 10 nitrogen and oxygen atoms in total. The van der Waals surface area contributed by atoms with E-state index in [1.807, 2.05) is 37.8 Å². The highest BCUT2D eigenvalue weighted by molar-refractivity contribution is 5.87. The number of hydrogen-bond donors (Lipinski definition) is 2. The molecule has 1 aromatic carbocycles. The van der Waals surface area contributed by atoms with Crippen molar-refractivity contribution in [3.05, 3.63) is 71.6 Å². The van der Waals surface area contributed by atoms with Crippen molar-refractivity contribution in [2.75, 3.05) is 29.4 Å². The molecule has 1 fully saturated rings. The molecule has 0 radical (unpaired) electrons. The third-order valence-electron chi connectivity index (χ3n) is 9.27. The molecule has 0 bridgehead atoms. The fourth-order valence-corrected chi connectivity index (χ4v) is 7.05. The van der Waals surface area contributed by atoms with Crippen LogP contribution >= 0.6 is 0 Å². The molecule has 1 spiro atoms. The highest BCUT2D eigenvalue weighted by Gasteiger charge is 2.47. The number of aryl methyl sites for hydroxylation is 2. The smallest absolute Gasteiger partial charge is 0.183 e. The van der Waals surface area contributed by atoms with Crippen LogP contribution in [0.5, 0.6) is 0 Å². The average molecular weight is 551 g/mol. The summed E-state index contributed by atoms with van der Waals surface area (Å²) in [5, 5.41) is 12.1. The Morgan fingerprint density at radius 2 is 1.95 bits per heavy atom. The van der Waals surface area contributed by atoms with E-state index < -0.39 is 0 Å². The number of fused-ring (bicyclic) bond motifs is 3. The summed E-state index contributed by atoms with van der Waals surface area (Å²) in [7, 11) is 1.91. The summed E-state index contributed by atoms with van der Waals surface area (Å²) in [4.78, 5) is 19.2. The average Bonchev–Trinajstić information content (AvgIpc) is 3.69. The van der Waals surface area contributed by atoms with Gasteiger partial charge in [-0.1, -0.05) is 12.1 Å². The lowest BCUT2D eigenvalue weighted by atomic mass is 9.73. The lowest BCUT2D eigenvalue weighted by molar-refractivity contribution is 0.185. The maximum atomic E-state index is 14.5. The van der Waals surface area contributed by atoms with Gasteiger partial charge in [-0.05, 0) is 61.3 Å². The standard InChI is InChI=1S/C30H31FN10/c1-39-17-19(15-34-39)21-7-8-23-22(35-21)6-3-11-41(23)29-26-28(37-38-29)36-24(16-33-26)40-12-9-30(10-13-40)14-18-4-2-5-20(31)25(18)27(30)32/h2,4-5,7-8,15-17,27H,3,6,9-14,32H2,1H3,(H,36,37,38)/t27-/m1/s1. The second kappa shape index (κ2) is 9.07. The highest BCUT2D eigenvalue weighted by Crippen LogP contribution is 2.51. The zero-order valence-electron chi connectivity index (χ0n) is 22.9. The zero-order chi connectivity index (χ0) is 27.7. The summed E-state index contributed by atoms with van der Waals surface area (Å²) in [6.45, 7) is 2.44. The number of anilines is 3. The van der Waals surface area contributed by atoms with Crippen LogP contribution in [-0.4, -0.2) is 54.6 Å². The molecule has 4 aromatic heterocycles. The van der Waals surface area contributed by atoms with E-state index in [2.05, 4.69) is 31.2 Å². The minimum Gasteiger partial charge on any atom is -0.355 e. The number of aromatic amines is 1. The maximum Gasteiger partial charge on any atom is 0.183 e. The van der Waals surface area contributed by atoms with E-state index in [1.54, 1.807) is 10.7 Å². The van der Waals surface area contributed by atoms with Crippen LogP contribution in [0.3, 0.4) is 0 Å². The number of nitrogens with two attached hydrogens (primary N) is 1. The van der Waals surface area contributed by atoms with Crippen LogP contribution in [0.4, 0.5) is 21.7 Å². The van der Waals surface area contributed by atoms with Crippen molar-refractivity contribution in [2.45, 2.75) is 38.1 Å². The Bertz CT molecular complexity index is 1780. The zero-order valence-corrected chi connectivity index (χ0v) is 22.9. The largest absolute Gasteiger partial charge is 0.355 e. The molecule has 2 aliphatic heterocycles. The number of piperidine rings is 1. The van der Waals surface area contributed by atoms with Crippen molar-refractivity contribution in [3.63, 3.8) is 0 Å². The van der Waals surface area contributed by atoms with Gasteiger partial charge in [-0.3, -0.25) is 14.8 Å². The highest BCUT2D eigenvalue weighted by atomic mass is 19.1. The van der Waals surface area contributed by atoms with Crippen LogP contribution in [0.2, 0.25) is 0 Å². The van der Waals surface area contributed by atoms with Crippen molar-refractivity contribution < 1.29 is 4.39 Å². The summed E-state index contributed by atoms with van der Waals surface area (Å²) < 4.78 is 16.3. The fraction of sp³-hybridized carbons (Fsp3) is 0.367. The molecule has 0 saturated carbocycles. The molecule has 5 aromatic rings. The van der Waals surface area contributed by atoms with Gasteiger partial charge in [0, 0.05) is 50.0 Å². The monoisotopic (exact) mass is 550 g/mol. The summed E-state index contributed by atoms with van der Waals surface area (Å²) in [5.41, 5.74) is 13.7. The number of nitrogens with one attached hydrogen (secondary N) is 1. The Hall–Kier alpha value is -4.38. The van der Waals surface area contributed by atoms with Gasteiger partial charge < -0.3 is 15.5 Å². The van der Waals surface area contributed by atoms with Crippen molar-refractivity contribution >= 4 is 28.5 Å². The van der Waals surface area contributed by atoms with Crippen LogP contribution in [0, 0.1) is 11.2 Å². The minimum atomic E-state index is -0.271. The quantitative estimate of drug-likeness (QED) is 0.343. The van der Waals surface area contributed by atoms with E-state index in [4.69, 9.17) is 20.7 Å². The number of benzene rings is 1. The predicted octanol–water partition coefficient (Wildman–Crippen LogP) is 4.21. The summed E-state index contributed by atoms with van der Waals surface area (Å²) in [5.74, 6) is 1.41. The van der Waals surface area contributed by atoms with Crippen molar-refractivity contribution in [2.24, 2.45) is 18.2 Å². The molecular formula is C30H31FN10. The number of nitrogens with zero attached hydrogens (tertiary/aromatic N) is 8. The van der Waals surface area contributed by atoms with Crippen LogP contribution in [0.1, 0.15) is 42.1 Å². The number of H-pyrrole nitrogens is 1. The van der Waals surface area contributed by atoms with Gasteiger partial charge in [0.25, 0.3) is 0 Å². The Morgan fingerprint density at radius 1 is 1.07 bits per heavy atom. The third-order valence-corrected chi connectivity index (χ3v) is 9.27.